The van der Waals surface area contributed by atoms with Crippen LogP contribution in [-0.2, 0) is 38.1 Å². The Hall–Kier alpha value is -3.98. The number of hydrogen-bond acceptors (Lipinski definition) is 14. The molecule has 0 radical (unpaired) electrons. The monoisotopic (exact) mass is 975 g/mol. The van der Waals surface area contributed by atoms with Crippen molar-refractivity contribution in [2.75, 3.05) is 92.9 Å². The molecule has 17 nitrogen and oxygen atoms in total. The molecule has 21 heteroatoms. The van der Waals surface area contributed by atoms with Crippen LogP contribution in [0.4, 0.5) is 31.9 Å². The van der Waals surface area contributed by atoms with Gasteiger partial charge in [0.05, 0.1) is 40.5 Å². The number of nitrogens with zero attached hydrogens (tertiary/aromatic N) is 6. The zero-order valence-electron chi connectivity index (χ0n) is 41.0. The number of piperidine rings is 2. The molecule has 0 N–H and O–H groups in total. The first-order valence-corrected chi connectivity index (χ1v) is 24.4. The summed E-state index contributed by atoms with van der Waals surface area (Å²) in [5.41, 5.74) is -0.230. The van der Waals surface area contributed by atoms with Crippen molar-refractivity contribution in [2.45, 2.75) is 159 Å². The van der Waals surface area contributed by atoms with Gasteiger partial charge in [-0.15, -0.1) is 0 Å². The molecule has 6 aliphatic heterocycles. The minimum atomic E-state index is -2.89. The zero-order valence-corrected chi connectivity index (χ0v) is 41.0. The lowest BCUT2D eigenvalue weighted by molar-refractivity contribution is -0.148. The molecule has 0 aromatic rings. The van der Waals surface area contributed by atoms with Gasteiger partial charge in [0.1, 0.15) is 23.5 Å². The fourth-order valence-electron chi connectivity index (χ4n) is 11.7. The number of carbonyl (C=O) groups excluding carboxylic acids is 6. The van der Waals surface area contributed by atoms with E-state index in [-0.39, 0.29) is 41.6 Å². The number of amides is 3. The lowest BCUT2D eigenvalue weighted by Crippen LogP contribution is -2.56. The van der Waals surface area contributed by atoms with Crippen molar-refractivity contribution >= 4 is 36.0 Å². The highest BCUT2D eigenvalue weighted by atomic mass is 19.3. The summed E-state index contributed by atoms with van der Waals surface area (Å²) in [4.78, 5) is 80.9. The fourth-order valence-corrected chi connectivity index (χ4v) is 11.7. The Balaban J connectivity index is 0.000000179. The first kappa shape index (κ1) is 53.4. The van der Waals surface area contributed by atoms with E-state index in [1.807, 2.05) is 11.8 Å². The largest absolute Gasteiger partial charge is 0.468 e. The van der Waals surface area contributed by atoms with Gasteiger partial charge in [0.25, 0.3) is 11.8 Å². The summed E-state index contributed by atoms with van der Waals surface area (Å²) in [6.45, 7) is 14.6. The predicted molar refractivity (Wildman–Crippen MR) is 238 cm³/mol. The summed E-state index contributed by atoms with van der Waals surface area (Å²) in [6.07, 6.45) is 6.33. The number of rotatable bonds is 7. The van der Waals surface area contributed by atoms with Crippen molar-refractivity contribution < 1.29 is 70.0 Å². The van der Waals surface area contributed by atoms with Gasteiger partial charge in [-0.25, -0.2) is 31.9 Å². The van der Waals surface area contributed by atoms with Crippen LogP contribution in [0.15, 0.2) is 0 Å². The third-order valence-corrected chi connectivity index (χ3v) is 15.0. The second-order valence-electron chi connectivity index (χ2n) is 21.2. The number of ketones is 1. The van der Waals surface area contributed by atoms with Gasteiger partial charge in [0.15, 0.2) is 0 Å². The molecule has 2 aliphatic carbocycles. The summed E-state index contributed by atoms with van der Waals surface area (Å²) in [5.74, 6) is -6.56. The van der Waals surface area contributed by atoms with Crippen molar-refractivity contribution in [1.29, 1.82) is 0 Å². The number of methoxy groups -OCH3 is 2. The van der Waals surface area contributed by atoms with E-state index in [4.69, 9.17) is 18.9 Å². The number of Topliss-reactive ketones (excluding diaryl/α,β-unsaturated/α-hetero) is 1. The van der Waals surface area contributed by atoms with E-state index in [9.17, 15) is 46.3 Å². The van der Waals surface area contributed by atoms with Gasteiger partial charge < -0.3 is 43.3 Å². The predicted octanol–water partition coefficient (Wildman–Crippen LogP) is 5.81. The lowest BCUT2D eigenvalue weighted by Gasteiger charge is -2.52. The maximum absolute atomic E-state index is 14.0. The third-order valence-electron chi connectivity index (χ3n) is 15.0. The molecule has 8 aliphatic rings. The SMILES string of the molecule is CCOC(=O)N1CCC2(CC(=O)C2)C1.CCOC(=O)N1CCC2(CC(N3CCC(N4CC(F)(F)C[C@H]4C(=O)OC)CC3)C2)C1.COC(=O)[C@@H]1CC(F)(F)CN1C1CCN(C(=O)OC(C)(C)C)CC1. The Morgan fingerprint density at radius 2 is 1.00 bits per heavy atom. The molecular weight excluding hydrogens is 901 g/mol. The molecule has 0 bridgehead atoms. The first-order chi connectivity index (χ1) is 31.9. The molecule has 0 aromatic carbocycles. The van der Waals surface area contributed by atoms with Crippen molar-refractivity contribution in [3.8, 4) is 0 Å². The summed E-state index contributed by atoms with van der Waals surface area (Å²) in [7, 11) is 2.47. The number of esters is 2. The maximum atomic E-state index is 14.0. The molecule has 8 fully saturated rings. The van der Waals surface area contributed by atoms with Crippen molar-refractivity contribution in [3.63, 3.8) is 0 Å². The van der Waals surface area contributed by atoms with Gasteiger partial charge in [-0.3, -0.25) is 24.2 Å². The smallest absolute Gasteiger partial charge is 0.410 e. The molecule has 0 aromatic heterocycles. The standard InChI is InChI=1S/C21H33F2N3O4.C16H26F2N2O4.C10H15NO3/c1-3-30-19(28)25-9-6-20(13-25)10-16(11-20)24-7-4-15(5-8-24)26-14-21(22,23)12-17(26)18(27)29-2;1-15(2,3)24-14(22)19-7-5-11(6-8-19)20-10-16(17,18)9-12(20)13(21)23-4;1-2-14-9(13)11-4-3-10(7-11)5-8(12)6-10/h15-17H,3-14H2,1-2H3;11-12H,5-10H2,1-4H3;2-7H2,1H3/t16?,17-,20?;12-;/m00./s1. The Bertz CT molecular complexity index is 1810. The summed E-state index contributed by atoms with van der Waals surface area (Å²) in [6, 6.07) is -1.41. The van der Waals surface area contributed by atoms with Crippen molar-refractivity contribution in [1.82, 2.24) is 29.4 Å². The molecule has 2 saturated carbocycles. The molecule has 0 unspecified atom stereocenters. The quantitative estimate of drug-likeness (QED) is 0.170. The zero-order chi connectivity index (χ0) is 49.8. The molecule has 3 amide bonds. The number of alkyl halides is 4. The Morgan fingerprint density at radius 3 is 1.41 bits per heavy atom. The van der Waals surface area contributed by atoms with E-state index >= 15 is 0 Å². The highest BCUT2D eigenvalue weighted by molar-refractivity contribution is 5.86. The molecule has 2 atom stereocenters. The maximum Gasteiger partial charge on any atom is 0.410 e. The summed E-state index contributed by atoms with van der Waals surface area (Å²) < 4.78 is 80.3. The van der Waals surface area contributed by atoms with Crippen LogP contribution >= 0.6 is 0 Å². The van der Waals surface area contributed by atoms with Crippen LogP contribution in [0.1, 0.15) is 112 Å². The topological polar surface area (TPSA) is 168 Å². The Morgan fingerprint density at radius 1 is 0.574 bits per heavy atom. The van der Waals surface area contributed by atoms with Crippen LogP contribution in [-0.4, -0.2) is 206 Å². The van der Waals surface area contributed by atoms with Crippen LogP contribution in [0, 0.1) is 10.8 Å². The number of carbonyl (C=O) groups is 6. The van der Waals surface area contributed by atoms with Crippen molar-refractivity contribution in [3.05, 3.63) is 0 Å². The Labute approximate surface area is 397 Å². The molecule has 386 valence electrons. The average Bonchev–Trinajstić information content (AvgIpc) is 4.06. The van der Waals surface area contributed by atoms with Gasteiger partial charge in [-0.1, -0.05) is 0 Å². The van der Waals surface area contributed by atoms with E-state index in [0.717, 1.165) is 71.2 Å². The molecule has 6 heterocycles. The number of likely N-dealkylation sites (tertiary alicyclic amines) is 6. The number of hydrogen-bond donors (Lipinski definition) is 0. The second-order valence-corrected chi connectivity index (χ2v) is 21.2. The minimum absolute atomic E-state index is 0.00134. The van der Waals surface area contributed by atoms with Crippen molar-refractivity contribution in [2.24, 2.45) is 10.8 Å². The van der Waals surface area contributed by atoms with E-state index in [1.165, 1.54) is 19.1 Å². The minimum Gasteiger partial charge on any atom is -0.468 e. The lowest BCUT2D eigenvalue weighted by atomic mass is 9.64. The molecule has 6 saturated heterocycles. The molecule has 8 rings (SSSR count). The normalized spacial score (nSPS) is 29.3. The van der Waals surface area contributed by atoms with Crippen LogP contribution < -0.4 is 0 Å². The third kappa shape index (κ3) is 13.1. The molecular formula is C47H74F4N6O11. The van der Waals surface area contributed by atoms with Gasteiger partial charge in [-0.05, 0) is 104 Å². The van der Waals surface area contributed by atoms with E-state index in [0.29, 0.717) is 70.4 Å². The van der Waals surface area contributed by atoms with Crippen LogP contribution in [0.3, 0.4) is 0 Å². The van der Waals surface area contributed by atoms with Crippen LogP contribution in [0.5, 0.6) is 0 Å². The summed E-state index contributed by atoms with van der Waals surface area (Å²) >= 11 is 0. The van der Waals surface area contributed by atoms with Crippen LogP contribution in [0.2, 0.25) is 0 Å². The van der Waals surface area contributed by atoms with Gasteiger partial charge in [-0.2, -0.15) is 0 Å². The first-order valence-electron chi connectivity index (χ1n) is 24.4. The number of halogens is 4. The van der Waals surface area contributed by atoms with E-state index in [1.54, 1.807) is 42.4 Å². The Kier molecular flexibility index (Phi) is 16.9. The van der Waals surface area contributed by atoms with Crippen LogP contribution in [0.25, 0.3) is 0 Å². The highest BCUT2D eigenvalue weighted by Gasteiger charge is 2.55. The molecule has 68 heavy (non-hydrogen) atoms. The molecule has 2 spiro atoms. The number of ether oxygens (including phenoxy) is 5. The van der Waals surface area contributed by atoms with E-state index in [2.05, 4.69) is 9.64 Å². The van der Waals surface area contributed by atoms with E-state index < -0.39 is 66.9 Å². The van der Waals surface area contributed by atoms with Gasteiger partial charge in [0, 0.05) is 88.5 Å². The van der Waals surface area contributed by atoms with Gasteiger partial charge >= 0.3 is 30.2 Å². The van der Waals surface area contributed by atoms with Gasteiger partial charge in [0.2, 0.25) is 0 Å². The highest BCUT2D eigenvalue weighted by Crippen LogP contribution is 2.51. The average molecular weight is 975 g/mol. The second kappa shape index (κ2) is 21.6. The fraction of sp³-hybridized carbons (Fsp3) is 0.872. The summed E-state index contributed by atoms with van der Waals surface area (Å²) in [5, 5.41) is 0.